The van der Waals surface area contributed by atoms with E-state index in [9.17, 15) is 17.6 Å². The Morgan fingerprint density at radius 2 is 1.74 bits per heavy atom. The lowest BCUT2D eigenvalue weighted by Crippen LogP contribution is -2.33. The summed E-state index contributed by atoms with van der Waals surface area (Å²) in [4.78, 5) is 14.8. The fourth-order valence-electron chi connectivity index (χ4n) is 3.75. The van der Waals surface area contributed by atoms with Crippen LogP contribution in [0.4, 0.5) is 10.1 Å². The second kappa shape index (κ2) is 10.7. The Labute approximate surface area is 184 Å². The van der Waals surface area contributed by atoms with Gasteiger partial charge in [0.1, 0.15) is 5.82 Å². The SMILES string of the molecule is CS(=O)(=O)N(Cc1ccccc1F)c1ccc(C(=O)NCCCN2CCCCC2)cc1. The van der Waals surface area contributed by atoms with Crippen molar-refractivity contribution in [2.75, 3.05) is 36.7 Å². The number of anilines is 1. The van der Waals surface area contributed by atoms with Gasteiger partial charge in [-0.3, -0.25) is 9.10 Å². The van der Waals surface area contributed by atoms with Crippen molar-refractivity contribution in [2.45, 2.75) is 32.2 Å². The van der Waals surface area contributed by atoms with E-state index in [1.54, 1.807) is 42.5 Å². The summed E-state index contributed by atoms with van der Waals surface area (Å²) in [6.07, 6.45) is 5.78. The Hall–Kier alpha value is -2.45. The zero-order valence-corrected chi connectivity index (χ0v) is 18.7. The van der Waals surface area contributed by atoms with E-state index < -0.39 is 15.8 Å². The molecule has 0 aliphatic carbocycles. The van der Waals surface area contributed by atoms with Crippen LogP contribution in [-0.2, 0) is 16.6 Å². The lowest BCUT2D eigenvalue weighted by atomic mass is 10.1. The zero-order chi connectivity index (χ0) is 22.3. The lowest BCUT2D eigenvalue weighted by molar-refractivity contribution is 0.0951. The van der Waals surface area contributed by atoms with Crippen molar-refractivity contribution in [1.29, 1.82) is 0 Å². The Morgan fingerprint density at radius 1 is 1.06 bits per heavy atom. The van der Waals surface area contributed by atoms with Gasteiger partial charge in [0.25, 0.3) is 5.91 Å². The van der Waals surface area contributed by atoms with Gasteiger partial charge in [0.2, 0.25) is 10.0 Å². The molecule has 2 aromatic carbocycles. The summed E-state index contributed by atoms with van der Waals surface area (Å²) in [6, 6.07) is 12.4. The molecule has 8 heteroatoms. The molecule has 31 heavy (non-hydrogen) atoms. The maximum Gasteiger partial charge on any atom is 0.251 e. The van der Waals surface area contributed by atoms with Crippen molar-refractivity contribution in [3.63, 3.8) is 0 Å². The van der Waals surface area contributed by atoms with Crippen LogP contribution in [0.1, 0.15) is 41.6 Å². The van der Waals surface area contributed by atoms with Crippen LogP contribution >= 0.6 is 0 Å². The highest BCUT2D eigenvalue weighted by atomic mass is 32.2. The second-order valence-electron chi connectivity index (χ2n) is 7.92. The topological polar surface area (TPSA) is 69.7 Å². The summed E-state index contributed by atoms with van der Waals surface area (Å²) in [5.74, 6) is -0.651. The first kappa shape index (κ1) is 23.2. The first-order valence-electron chi connectivity index (χ1n) is 10.7. The van der Waals surface area contributed by atoms with Crippen molar-refractivity contribution >= 4 is 21.6 Å². The third-order valence-corrected chi connectivity index (χ3v) is 6.62. The number of hydrogen-bond donors (Lipinski definition) is 1. The number of halogens is 1. The number of carbonyl (C=O) groups excluding carboxylic acids is 1. The minimum absolute atomic E-state index is 0.118. The van der Waals surface area contributed by atoms with Crippen LogP contribution in [-0.4, -0.2) is 51.7 Å². The van der Waals surface area contributed by atoms with Gasteiger partial charge in [-0.15, -0.1) is 0 Å². The third kappa shape index (κ3) is 6.77. The van der Waals surface area contributed by atoms with Crippen molar-refractivity contribution in [2.24, 2.45) is 0 Å². The van der Waals surface area contributed by atoms with Crippen LogP contribution in [0.5, 0.6) is 0 Å². The van der Waals surface area contributed by atoms with E-state index in [2.05, 4.69) is 10.2 Å². The molecule has 1 fully saturated rings. The Kier molecular flexibility index (Phi) is 8.03. The summed E-state index contributed by atoms with van der Waals surface area (Å²) < 4.78 is 39.7. The van der Waals surface area contributed by atoms with Crippen molar-refractivity contribution in [3.05, 3.63) is 65.5 Å². The second-order valence-corrected chi connectivity index (χ2v) is 9.83. The van der Waals surface area contributed by atoms with Crippen molar-refractivity contribution in [1.82, 2.24) is 10.2 Å². The smallest absolute Gasteiger partial charge is 0.251 e. The number of likely N-dealkylation sites (tertiary alicyclic amines) is 1. The molecule has 2 aromatic rings. The maximum atomic E-state index is 14.0. The fraction of sp³-hybridized carbons (Fsp3) is 0.435. The van der Waals surface area contributed by atoms with Crippen LogP contribution in [0.3, 0.4) is 0 Å². The number of sulfonamides is 1. The minimum atomic E-state index is -3.63. The Morgan fingerprint density at radius 3 is 2.39 bits per heavy atom. The van der Waals surface area contributed by atoms with E-state index in [1.807, 2.05) is 0 Å². The van der Waals surface area contributed by atoms with Gasteiger partial charge in [-0.25, -0.2) is 12.8 Å². The lowest BCUT2D eigenvalue weighted by Gasteiger charge is -2.26. The molecule has 1 heterocycles. The van der Waals surface area contributed by atoms with Gasteiger partial charge in [-0.05, 0) is 69.2 Å². The van der Waals surface area contributed by atoms with Gasteiger partial charge in [0.15, 0.2) is 0 Å². The highest BCUT2D eigenvalue weighted by Crippen LogP contribution is 2.22. The number of benzene rings is 2. The summed E-state index contributed by atoms with van der Waals surface area (Å²) in [5, 5.41) is 2.92. The molecular formula is C23H30FN3O3S. The predicted octanol–water partition coefficient (Wildman–Crippen LogP) is 3.40. The third-order valence-electron chi connectivity index (χ3n) is 5.47. The largest absolute Gasteiger partial charge is 0.352 e. The van der Waals surface area contributed by atoms with Gasteiger partial charge in [0.05, 0.1) is 18.5 Å². The molecule has 0 bridgehead atoms. The van der Waals surface area contributed by atoms with E-state index in [4.69, 9.17) is 0 Å². The maximum absolute atomic E-state index is 14.0. The minimum Gasteiger partial charge on any atom is -0.352 e. The Balaban J connectivity index is 1.58. The number of carbonyl (C=O) groups is 1. The van der Waals surface area contributed by atoms with Crippen LogP contribution in [0, 0.1) is 5.82 Å². The number of nitrogens with zero attached hydrogens (tertiary/aromatic N) is 2. The quantitative estimate of drug-likeness (QED) is 0.598. The van der Waals surface area contributed by atoms with Crippen LogP contribution < -0.4 is 9.62 Å². The molecule has 0 aromatic heterocycles. The summed E-state index contributed by atoms with van der Waals surface area (Å²) in [7, 11) is -3.63. The Bertz CT molecular complexity index is 974. The van der Waals surface area contributed by atoms with Crippen LogP contribution in [0.2, 0.25) is 0 Å². The van der Waals surface area contributed by atoms with E-state index in [0.29, 0.717) is 17.8 Å². The normalized spacial score (nSPS) is 14.9. The standard InChI is InChI=1S/C23H30FN3O3S/c1-31(29,30)27(18-20-8-3-4-9-22(20)24)21-12-10-19(11-13-21)23(28)25-14-7-17-26-15-5-2-6-16-26/h3-4,8-13H,2,5-7,14-18H2,1H3,(H,25,28). The summed E-state index contributed by atoms with van der Waals surface area (Å²) in [5.41, 5.74) is 1.12. The number of rotatable bonds is 9. The molecule has 0 atom stereocenters. The molecule has 1 aliphatic rings. The molecule has 6 nitrogen and oxygen atoms in total. The average molecular weight is 448 g/mol. The van der Waals surface area contributed by atoms with Crippen molar-refractivity contribution < 1.29 is 17.6 Å². The van der Waals surface area contributed by atoms with Gasteiger partial charge in [0, 0.05) is 17.7 Å². The van der Waals surface area contributed by atoms with Gasteiger partial charge in [-0.1, -0.05) is 24.6 Å². The molecular weight excluding hydrogens is 417 g/mol. The first-order chi connectivity index (χ1) is 14.8. The van der Waals surface area contributed by atoms with Crippen LogP contribution in [0.15, 0.2) is 48.5 Å². The number of amides is 1. The molecule has 1 N–H and O–H groups in total. The summed E-state index contributed by atoms with van der Waals surface area (Å²) in [6.45, 7) is 3.74. The molecule has 0 unspecified atom stereocenters. The van der Waals surface area contributed by atoms with E-state index in [-0.39, 0.29) is 18.0 Å². The molecule has 1 saturated heterocycles. The van der Waals surface area contributed by atoms with Crippen LogP contribution in [0.25, 0.3) is 0 Å². The zero-order valence-electron chi connectivity index (χ0n) is 17.9. The fourth-order valence-corrected chi connectivity index (χ4v) is 4.63. The van der Waals surface area contributed by atoms with E-state index >= 15 is 0 Å². The van der Waals surface area contributed by atoms with Gasteiger partial charge >= 0.3 is 0 Å². The number of hydrogen-bond acceptors (Lipinski definition) is 4. The molecule has 168 valence electrons. The molecule has 1 aliphatic heterocycles. The summed E-state index contributed by atoms with van der Waals surface area (Å²) >= 11 is 0. The highest BCUT2D eigenvalue weighted by molar-refractivity contribution is 7.92. The molecule has 0 spiro atoms. The van der Waals surface area contributed by atoms with E-state index in [0.717, 1.165) is 36.6 Å². The first-order valence-corrected chi connectivity index (χ1v) is 12.5. The molecule has 1 amide bonds. The molecule has 0 saturated carbocycles. The van der Waals surface area contributed by atoms with Crippen molar-refractivity contribution in [3.8, 4) is 0 Å². The predicted molar refractivity (Wildman–Crippen MR) is 121 cm³/mol. The number of piperidine rings is 1. The number of nitrogens with one attached hydrogen (secondary N) is 1. The molecule has 3 rings (SSSR count). The highest BCUT2D eigenvalue weighted by Gasteiger charge is 2.20. The average Bonchev–Trinajstić information content (AvgIpc) is 2.76. The van der Waals surface area contributed by atoms with Gasteiger partial charge < -0.3 is 10.2 Å². The van der Waals surface area contributed by atoms with Gasteiger partial charge in [-0.2, -0.15) is 0 Å². The molecule has 0 radical (unpaired) electrons. The van der Waals surface area contributed by atoms with E-state index in [1.165, 1.54) is 25.3 Å². The monoisotopic (exact) mass is 447 g/mol.